The first kappa shape index (κ1) is 18.6. The summed E-state index contributed by atoms with van der Waals surface area (Å²) in [5.41, 5.74) is 1.09. The van der Waals surface area contributed by atoms with Crippen molar-refractivity contribution in [3.63, 3.8) is 0 Å². The molecule has 0 saturated heterocycles. The maximum atomic E-state index is 12.1. The van der Waals surface area contributed by atoms with E-state index in [1.54, 1.807) is 20.1 Å². The summed E-state index contributed by atoms with van der Waals surface area (Å²) < 4.78 is 16.5. The predicted octanol–water partition coefficient (Wildman–Crippen LogP) is 3.22. The van der Waals surface area contributed by atoms with Crippen molar-refractivity contribution in [1.82, 2.24) is 5.32 Å². The van der Waals surface area contributed by atoms with Crippen molar-refractivity contribution in [1.29, 1.82) is 0 Å². The third-order valence-electron chi connectivity index (χ3n) is 3.74. The Morgan fingerprint density at radius 3 is 2.64 bits per heavy atom. The van der Waals surface area contributed by atoms with E-state index in [4.69, 9.17) is 14.2 Å². The molecule has 5 nitrogen and oxygen atoms in total. The molecule has 0 spiro atoms. The summed E-state index contributed by atoms with van der Waals surface area (Å²) in [6, 6.07) is 15.1. The summed E-state index contributed by atoms with van der Waals surface area (Å²) in [5.74, 6) is 2.02. The van der Waals surface area contributed by atoms with Crippen LogP contribution in [0.15, 0.2) is 48.5 Å². The summed E-state index contributed by atoms with van der Waals surface area (Å²) >= 11 is 0. The van der Waals surface area contributed by atoms with Gasteiger partial charge < -0.3 is 19.5 Å². The van der Waals surface area contributed by atoms with Crippen molar-refractivity contribution in [2.24, 2.45) is 0 Å². The second-order valence-electron chi connectivity index (χ2n) is 5.54. The number of hydrogen-bond donors (Lipinski definition) is 1. The molecule has 1 unspecified atom stereocenters. The van der Waals surface area contributed by atoms with Gasteiger partial charge in [-0.15, -0.1) is 0 Å². The number of benzene rings is 2. The number of methoxy groups -OCH3 is 1. The van der Waals surface area contributed by atoms with Crippen molar-refractivity contribution in [2.45, 2.75) is 26.4 Å². The summed E-state index contributed by atoms with van der Waals surface area (Å²) in [6.45, 7) is 4.57. The number of nitrogens with one attached hydrogen (secondary N) is 1. The molecule has 0 aromatic heterocycles. The van der Waals surface area contributed by atoms with Gasteiger partial charge in [-0.2, -0.15) is 0 Å². The first-order chi connectivity index (χ1) is 12.1. The lowest BCUT2D eigenvalue weighted by Crippen LogP contribution is -2.38. The zero-order valence-corrected chi connectivity index (χ0v) is 15.0. The topological polar surface area (TPSA) is 56.8 Å². The van der Waals surface area contributed by atoms with Crippen LogP contribution in [0.3, 0.4) is 0 Å². The normalized spacial score (nSPS) is 11.5. The zero-order chi connectivity index (χ0) is 18.1. The van der Waals surface area contributed by atoms with E-state index < -0.39 is 6.10 Å². The molecule has 2 aromatic rings. The highest BCUT2D eigenvalue weighted by atomic mass is 16.5. The molecule has 1 amide bonds. The van der Waals surface area contributed by atoms with Gasteiger partial charge in [-0.05, 0) is 37.1 Å². The predicted molar refractivity (Wildman–Crippen MR) is 97.4 cm³/mol. The van der Waals surface area contributed by atoms with Crippen LogP contribution in [0.25, 0.3) is 0 Å². The van der Waals surface area contributed by atoms with Crippen molar-refractivity contribution in [3.8, 4) is 17.2 Å². The van der Waals surface area contributed by atoms with Gasteiger partial charge in [0.25, 0.3) is 5.91 Å². The molecule has 2 rings (SSSR count). The minimum atomic E-state index is -0.565. The number of aryl methyl sites for hydroxylation is 1. The van der Waals surface area contributed by atoms with E-state index in [1.165, 1.54) is 0 Å². The van der Waals surface area contributed by atoms with E-state index in [2.05, 4.69) is 12.2 Å². The van der Waals surface area contributed by atoms with E-state index in [1.807, 2.05) is 42.5 Å². The molecule has 25 heavy (non-hydrogen) atoms. The average molecular weight is 343 g/mol. The van der Waals surface area contributed by atoms with E-state index in [9.17, 15) is 4.79 Å². The molecule has 0 bridgehead atoms. The van der Waals surface area contributed by atoms with Crippen LogP contribution in [0.1, 0.15) is 19.4 Å². The van der Waals surface area contributed by atoms with Gasteiger partial charge in [0.15, 0.2) is 6.10 Å². The summed E-state index contributed by atoms with van der Waals surface area (Å²) in [7, 11) is 1.61. The van der Waals surface area contributed by atoms with Gasteiger partial charge in [-0.3, -0.25) is 4.79 Å². The highest BCUT2D eigenvalue weighted by Crippen LogP contribution is 2.20. The van der Waals surface area contributed by atoms with Gasteiger partial charge in [-0.1, -0.05) is 31.2 Å². The molecule has 0 saturated carbocycles. The maximum Gasteiger partial charge on any atom is 0.260 e. The molecule has 134 valence electrons. The molecule has 2 aromatic carbocycles. The maximum absolute atomic E-state index is 12.1. The second-order valence-corrected chi connectivity index (χ2v) is 5.54. The van der Waals surface area contributed by atoms with Gasteiger partial charge in [0.05, 0.1) is 13.7 Å². The third-order valence-corrected chi connectivity index (χ3v) is 3.74. The Balaban J connectivity index is 1.75. The minimum absolute atomic E-state index is 0.167. The Morgan fingerprint density at radius 1 is 1.12 bits per heavy atom. The number of amides is 1. The van der Waals surface area contributed by atoms with Gasteiger partial charge in [-0.25, -0.2) is 0 Å². The SMILES string of the molecule is CCc1ccccc1OC(C)C(=O)NCCOc1cccc(OC)c1. The number of hydrogen-bond acceptors (Lipinski definition) is 4. The second kappa shape index (κ2) is 9.57. The zero-order valence-electron chi connectivity index (χ0n) is 15.0. The van der Waals surface area contributed by atoms with Crippen LogP contribution in [0.4, 0.5) is 0 Å². The van der Waals surface area contributed by atoms with Crippen LogP contribution >= 0.6 is 0 Å². The van der Waals surface area contributed by atoms with Crippen molar-refractivity contribution in [3.05, 3.63) is 54.1 Å². The molecule has 0 aliphatic heterocycles. The van der Waals surface area contributed by atoms with Crippen LogP contribution in [-0.2, 0) is 11.2 Å². The van der Waals surface area contributed by atoms with Crippen LogP contribution in [0.5, 0.6) is 17.2 Å². The quantitative estimate of drug-likeness (QED) is 0.710. The molecular formula is C20H25NO4. The minimum Gasteiger partial charge on any atom is -0.497 e. The lowest BCUT2D eigenvalue weighted by Gasteiger charge is -2.17. The Kier molecular flexibility index (Phi) is 7.14. The van der Waals surface area contributed by atoms with Crippen molar-refractivity contribution in [2.75, 3.05) is 20.3 Å². The van der Waals surface area contributed by atoms with Crippen LogP contribution in [0.2, 0.25) is 0 Å². The molecule has 0 heterocycles. The van der Waals surface area contributed by atoms with Crippen LogP contribution < -0.4 is 19.5 Å². The van der Waals surface area contributed by atoms with Gasteiger partial charge in [0.2, 0.25) is 0 Å². The largest absolute Gasteiger partial charge is 0.497 e. The van der Waals surface area contributed by atoms with Crippen LogP contribution in [0, 0.1) is 0 Å². The monoisotopic (exact) mass is 343 g/mol. The van der Waals surface area contributed by atoms with Gasteiger partial charge >= 0.3 is 0 Å². The lowest BCUT2D eigenvalue weighted by atomic mass is 10.1. The van der Waals surface area contributed by atoms with E-state index in [-0.39, 0.29) is 5.91 Å². The molecule has 0 fully saturated rings. The van der Waals surface area contributed by atoms with Crippen molar-refractivity contribution < 1.29 is 19.0 Å². The average Bonchev–Trinajstić information content (AvgIpc) is 2.65. The first-order valence-electron chi connectivity index (χ1n) is 8.43. The highest BCUT2D eigenvalue weighted by Gasteiger charge is 2.15. The van der Waals surface area contributed by atoms with Gasteiger partial charge in [0.1, 0.15) is 23.9 Å². The number of carbonyl (C=O) groups is 1. The van der Waals surface area contributed by atoms with Crippen molar-refractivity contribution >= 4 is 5.91 Å². The number of para-hydroxylation sites is 1. The molecule has 1 N–H and O–H groups in total. The number of rotatable bonds is 9. The fourth-order valence-electron chi connectivity index (χ4n) is 2.33. The highest BCUT2D eigenvalue weighted by molar-refractivity contribution is 5.80. The summed E-state index contributed by atoms with van der Waals surface area (Å²) in [6.07, 6.45) is 0.295. The van der Waals surface area contributed by atoms with E-state index in [0.29, 0.717) is 18.9 Å². The third kappa shape index (κ3) is 5.71. The fourth-order valence-corrected chi connectivity index (χ4v) is 2.33. The standard InChI is InChI=1S/C20H25NO4/c1-4-16-8-5-6-11-19(16)25-15(2)20(22)21-12-13-24-18-10-7-9-17(14-18)23-3/h5-11,14-15H,4,12-13H2,1-3H3,(H,21,22). The molecule has 0 aliphatic rings. The molecule has 0 aliphatic carbocycles. The fraction of sp³-hybridized carbons (Fsp3) is 0.350. The summed E-state index contributed by atoms with van der Waals surface area (Å²) in [4.78, 5) is 12.1. The Bertz CT molecular complexity index is 687. The Morgan fingerprint density at radius 2 is 1.88 bits per heavy atom. The molecular weight excluding hydrogens is 318 g/mol. The van der Waals surface area contributed by atoms with E-state index in [0.717, 1.165) is 23.5 Å². The Labute approximate surface area is 148 Å². The molecule has 1 atom stereocenters. The lowest BCUT2D eigenvalue weighted by molar-refractivity contribution is -0.127. The summed E-state index contributed by atoms with van der Waals surface area (Å²) in [5, 5.41) is 2.82. The van der Waals surface area contributed by atoms with E-state index >= 15 is 0 Å². The molecule has 0 radical (unpaired) electrons. The molecule has 5 heteroatoms. The number of ether oxygens (including phenoxy) is 3. The number of carbonyl (C=O) groups excluding carboxylic acids is 1. The van der Waals surface area contributed by atoms with Crippen LogP contribution in [-0.4, -0.2) is 32.3 Å². The Hall–Kier alpha value is -2.69. The van der Waals surface area contributed by atoms with Gasteiger partial charge in [0, 0.05) is 6.07 Å². The first-order valence-corrected chi connectivity index (χ1v) is 8.43. The smallest absolute Gasteiger partial charge is 0.260 e.